The molecular weight excluding hydrogens is 138 g/mol. The molecule has 62 valence electrons. The summed E-state index contributed by atoms with van der Waals surface area (Å²) in [6.45, 7) is 4.87. The van der Waals surface area contributed by atoms with Gasteiger partial charge >= 0.3 is 0 Å². The Balaban J connectivity index is 2.63. The van der Waals surface area contributed by atoms with E-state index in [4.69, 9.17) is 5.73 Å². The van der Waals surface area contributed by atoms with Crippen molar-refractivity contribution in [3.8, 4) is 0 Å². The molecule has 3 nitrogen and oxygen atoms in total. The maximum Gasteiger partial charge on any atom is 0.0654 e. The van der Waals surface area contributed by atoms with Crippen molar-refractivity contribution in [3.63, 3.8) is 0 Å². The van der Waals surface area contributed by atoms with Crippen molar-refractivity contribution < 1.29 is 0 Å². The largest absolute Gasteiger partial charge is 0.330 e. The molecule has 0 bridgehead atoms. The molecule has 1 aromatic rings. The molecular formula is C8H15N3. The lowest BCUT2D eigenvalue weighted by Crippen LogP contribution is -2.01. The van der Waals surface area contributed by atoms with Gasteiger partial charge in [-0.2, -0.15) is 5.10 Å². The summed E-state index contributed by atoms with van der Waals surface area (Å²) >= 11 is 0. The standard InChI is InChI=1S/C8H15N3/c1-6-7(2)10-11-8(6)4-3-5-9/h3-5,9H2,1-2H3,(H,10,11). The molecule has 0 radical (unpaired) electrons. The van der Waals surface area contributed by atoms with E-state index >= 15 is 0 Å². The van der Waals surface area contributed by atoms with Gasteiger partial charge in [0.25, 0.3) is 0 Å². The lowest BCUT2D eigenvalue weighted by Gasteiger charge is -1.94. The van der Waals surface area contributed by atoms with E-state index in [-0.39, 0.29) is 0 Å². The van der Waals surface area contributed by atoms with Gasteiger partial charge in [0.2, 0.25) is 0 Å². The minimum atomic E-state index is 0.741. The molecule has 3 N–H and O–H groups in total. The van der Waals surface area contributed by atoms with Gasteiger partial charge in [0.15, 0.2) is 0 Å². The van der Waals surface area contributed by atoms with E-state index in [1.165, 1.54) is 5.56 Å². The van der Waals surface area contributed by atoms with E-state index in [2.05, 4.69) is 17.1 Å². The van der Waals surface area contributed by atoms with Gasteiger partial charge in [-0.3, -0.25) is 5.10 Å². The second-order valence-corrected chi connectivity index (χ2v) is 2.81. The van der Waals surface area contributed by atoms with Gasteiger partial charge < -0.3 is 5.73 Å². The Kier molecular flexibility index (Phi) is 2.65. The molecule has 3 heteroatoms. The van der Waals surface area contributed by atoms with Gasteiger partial charge in [-0.15, -0.1) is 0 Å². The zero-order valence-electron chi connectivity index (χ0n) is 7.15. The average Bonchev–Trinajstić information content (AvgIpc) is 2.31. The van der Waals surface area contributed by atoms with Crippen LogP contribution in [0.5, 0.6) is 0 Å². The van der Waals surface area contributed by atoms with Crippen molar-refractivity contribution in [2.45, 2.75) is 26.7 Å². The van der Waals surface area contributed by atoms with Crippen molar-refractivity contribution >= 4 is 0 Å². The minimum absolute atomic E-state index is 0.741. The molecule has 0 aliphatic rings. The zero-order valence-corrected chi connectivity index (χ0v) is 7.15. The van der Waals surface area contributed by atoms with Crippen LogP contribution in [-0.4, -0.2) is 16.7 Å². The first-order valence-corrected chi connectivity index (χ1v) is 3.96. The molecule has 1 heterocycles. The van der Waals surface area contributed by atoms with E-state index in [9.17, 15) is 0 Å². The molecule has 0 unspecified atom stereocenters. The van der Waals surface area contributed by atoms with Gasteiger partial charge in [-0.05, 0) is 38.8 Å². The highest BCUT2D eigenvalue weighted by atomic mass is 15.1. The van der Waals surface area contributed by atoms with Gasteiger partial charge in [-0.25, -0.2) is 0 Å². The van der Waals surface area contributed by atoms with Crippen LogP contribution in [0, 0.1) is 13.8 Å². The van der Waals surface area contributed by atoms with Crippen molar-refractivity contribution in [1.82, 2.24) is 10.2 Å². The van der Waals surface area contributed by atoms with Crippen LogP contribution in [0.25, 0.3) is 0 Å². The van der Waals surface area contributed by atoms with Crippen LogP contribution in [0.3, 0.4) is 0 Å². The summed E-state index contributed by atoms with van der Waals surface area (Å²) in [6, 6.07) is 0. The fraction of sp³-hybridized carbons (Fsp3) is 0.625. The number of hydrogen-bond donors (Lipinski definition) is 2. The predicted molar refractivity (Wildman–Crippen MR) is 45.4 cm³/mol. The normalized spacial score (nSPS) is 10.5. The first-order chi connectivity index (χ1) is 5.25. The Labute approximate surface area is 67.0 Å². The van der Waals surface area contributed by atoms with Crippen LogP contribution in [0.1, 0.15) is 23.4 Å². The van der Waals surface area contributed by atoms with Crippen molar-refractivity contribution in [1.29, 1.82) is 0 Å². The number of rotatable bonds is 3. The van der Waals surface area contributed by atoms with Gasteiger partial charge in [-0.1, -0.05) is 0 Å². The smallest absolute Gasteiger partial charge is 0.0654 e. The average molecular weight is 153 g/mol. The molecule has 0 saturated carbocycles. The number of nitrogens with zero attached hydrogens (tertiary/aromatic N) is 1. The Hall–Kier alpha value is -0.830. The van der Waals surface area contributed by atoms with Gasteiger partial charge in [0.1, 0.15) is 0 Å². The van der Waals surface area contributed by atoms with E-state index in [1.54, 1.807) is 0 Å². The van der Waals surface area contributed by atoms with E-state index in [0.717, 1.165) is 30.8 Å². The summed E-state index contributed by atoms with van der Waals surface area (Å²) in [6.07, 6.45) is 2.01. The SMILES string of the molecule is Cc1[nH]nc(CCCN)c1C. The molecule has 0 atom stereocenters. The number of aromatic amines is 1. The highest BCUT2D eigenvalue weighted by molar-refractivity contribution is 5.22. The van der Waals surface area contributed by atoms with Crippen LogP contribution in [0.15, 0.2) is 0 Å². The third-order valence-electron chi connectivity index (χ3n) is 1.97. The van der Waals surface area contributed by atoms with E-state index < -0.39 is 0 Å². The van der Waals surface area contributed by atoms with Gasteiger partial charge in [0, 0.05) is 5.69 Å². The number of aromatic nitrogens is 2. The molecule has 11 heavy (non-hydrogen) atoms. The van der Waals surface area contributed by atoms with Crippen LogP contribution < -0.4 is 5.73 Å². The second-order valence-electron chi connectivity index (χ2n) is 2.81. The predicted octanol–water partition coefficient (Wildman–Crippen LogP) is 0.918. The maximum absolute atomic E-state index is 5.40. The fourth-order valence-electron chi connectivity index (χ4n) is 1.05. The van der Waals surface area contributed by atoms with Gasteiger partial charge in [0.05, 0.1) is 5.69 Å². The monoisotopic (exact) mass is 153 g/mol. The summed E-state index contributed by atoms with van der Waals surface area (Å²) < 4.78 is 0. The number of aryl methyl sites for hydroxylation is 2. The van der Waals surface area contributed by atoms with Crippen LogP contribution in [0.4, 0.5) is 0 Å². The number of nitrogens with one attached hydrogen (secondary N) is 1. The maximum atomic E-state index is 5.40. The topological polar surface area (TPSA) is 54.7 Å². The number of nitrogens with two attached hydrogens (primary N) is 1. The molecule has 0 aliphatic heterocycles. The number of hydrogen-bond acceptors (Lipinski definition) is 2. The summed E-state index contributed by atoms with van der Waals surface area (Å²) in [7, 11) is 0. The Morgan fingerprint density at radius 3 is 2.64 bits per heavy atom. The zero-order chi connectivity index (χ0) is 8.27. The first kappa shape index (κ1) is 8.27. The third kappa shape index (κ3) is 1.80. The lowest BCUT2D eigenvalue weighted by atomic mass is 10.1. The minimum Gasteiger partial charge on any atom is -0.330 e. The highest BCUT2D eigenvalue weighted by Crippen LogP contribution is 2.09. The molecule has 0 aliphatic carbocycles. The number of H-pyrrole nitrogens is 1. The fourth-order valence-corrected chi connectivity index (χ4v) is 1.05. The Morgan fingerprint density at radius 1 is 1.45 bits per heavy atom. The quantitative estimate of drug-likeness (QED) is 0.678. The molecule has 1 rings (SSSR count). The molecule has 1 aromatic heterocycles. The molecule has 0 saturated heterocycles. The molecule has 0 amide bonds. The van der Waals surface area contributed by atoms with E-state index in [0.29, 0.717) is 0 Å². The summed E-state index contributed by atoms with van der Waals surface area (Å²) in [5.74, 6) is 0. The summed E-state index contributed by atoms with van der Waals surface area (Å²) in [5.41, 5.74) is 9.00. The third-order valence-corrected chi connectivity index (χ3v) is 1.97. The summed E-state index contributed by atoms with van der Waals surface area (Å²) in [4.78, 5) is 0. The summed E-state index contributed by atoms with van der Waals surface area (Å²) in [5, 5.41) is 7.13. The van der Waals surface area contributed by atoms with Crippen molar-refractivity contribution in [3.05, 3.63) is 17.0 Å². The Morgan fingerprint density at radius 2 is 2.18 bits per heavy atom. The first-order valence-electron chi connectivity index (χ1n) is 3.96. The highest BCUT2D eigenvalue weighted by Gasteiger charge is 2.03. The Bertz CT molecular complexity index is 227. The molecule has 0 fully saturated rings. The van der Waals surface area contributed by atoms with E-state index in [1.807, 2.05) is 6.92 Å². The second kappa shape index (κ2) is 3.53. The van der Waals surface area contributed by atoms with Crippen molar-refractivity contribution in [2.24, 2.45) is 5.73 Å². The molecule has 0 aromatic carbocycles. The van der Waals surface area contributed by atoms with Crippen LogP contribution >= 0.6 is 0 Å². The van der Waals surface area contributed by atoms with Crippen LogP contribution in [0.2, 0.25) is 0 Å². The lowest BCUT2D eigenvalue weighted by molar-refractivity contribution is 0.799. The molecule has 0 spiro atoms. The van der Waals surface area contributed by atoms with Crippen molar-refractivity contribution in [2.75, 3.05) is 6.54 Å². The van der Waals surface area contributed by atoms with Crippen LogP contribution in [-0.2, 0) is 6.42 Å².